The Kier molecular flexibility index (Phi) is 5.83. The molecule has 3 N–H and O–H groups in total. The van der Waals surface area contributed by atoms with Crippen LogP contribution in [-0.4, -0.2) is 30.5 Å². The van der Waals surface area contributed by atoms with E-state index >= 15 is 0 Å². The summed E-state index contributed by atoms with van der Waals surface area (Å²) in [5, 5.41) is 3.18. The Labute approximate surface area is 115 Å². The lowest BCUT2D eigenvalue weighted by Gasteiger charge is -2.30. The number of carbonyl (C=O) groups excluding carboxylic acids is 1. The third-order valence-corrected chi connectivity index (χ3v) is 5.50. The highest BCUT2D eigenvalue weighted by molar-refractivity contribution is 7.99. The standard InChI is InChI=1S/C14H26N2OS/c15-9-12-3-1-2-4-13(12)14(17)16-10-11-5-7-18-8-6-11/h11-13H,1-10,15H2,(H,16,17). The summed E-state index contributed by atoms with van der Waals surface area (Å²) in [6.45, 7) is 1.55. The molecule has 104 valence electrons. The van der Waals surface area contributed by atoms with Crippen LogP contribution in [0.3, 0.4) is 0 Å². The van der Waals surface area contributed by atoms with Crippen LogP contribution in [0.25, 0.3) is 0 Å². The molecule has 1 aliphatic carbocycles. The minimum Gasteiger partial charge on any atom is -0.356 e. The van der Waals surface area contributed by atoms with Crippen molar-refractivity contribution in [2.24, 2.45) is 23.5 Å². The number of hydrogen-bond donors (Lipinski definition) is 2. The Morgan fingerprint density at radius 1 is 1.17 bits per heavy atom. The second-order valence-corrected chi connectivity index (χ2v) is 6.91. The Balaban J connectivity index is 1.75. The summed E-state index contributed by atoms with van der Waals surface area (Å²) in [5.74, 6) is 4.09. The first kappa shape index (κ1) is 14.2. The monoisotopic (exact) mass is 270 g/mol. The maximum atomic E-state index is 12.2. The van der Waals surface area contributed by atoms with E-state index in [0.29, 0.717) is 18.4 Å². The third-order valence-electron chi connectivity index (χ3n) is 4.45. The first-order valence-corrected chi connectivity index (χ1v) is 8.52. The molecule has 1 aliphatic heterocycles. The van der Waals surface area contributed by atoms with Crippen molar-refractivity contribution in [3.8, 4) is 0 Å². The van der Waals surface area contributed by atoms with E-state index in [9.17, 15) is 4.79 Å². The Bertz CT molecular complexity index is 267. The fourth-order valence-electron chi connectivity index (χ4n) is 3.16. The highest BCUT2D eigenvalue weighted by Gasteiger charge is 2.30. The predicted octanol–water partition coefficient (Wildman–Crippen LogP) is 2.01. The molecule has 1 saturated heterocycles. The molecule has 0 radical (unpaired) electrons. The minimum atomic E-state index is 0.182. The number of nitrogens with two attached hydrogens (primary N) is 1. The predicted molar refractivity (Wildman–Crippen MR) is 77.6 cm³/mol. The number of rotatable bonds is 4. The van der Waals surface area contributed by atoms with Gasteiger partial charge in [-0.2, -0.15) is 11.8 Å². The molecule has 0 aromatic heterocycles. The van der Waals surface area contributed by atoms with Crippen LogP contribution < -0.4 is 11.1 Å². The van der Waals surface area contributed by atoms with Gasteiger partial charge in [-0.25, -0.2) is 0 Å². The van der Waals surface area contributed by atoms with Gasteiger partial charge >= 0.3 is 0 Å². The zero-order valence-electron chi connectivity index (χ0n) is 11.2. The maximum Gasteiger partial charge on any atom is 0.223 e. The summed E-state index contributed by atoms with van der Waals surface area (Å²) in [6.07, 6.45) is 7.12. The van der Waals surface area contributed by atoms with Crippen LogP contribution in [0, 0.1) is 17.8 Å². The summed E-state index contributed by atoms with van der Waals surface area (Å²) in [4.78, 5) is 12.2. The molecule has 1 heterocycles. The molecule has 4 heteroatoms. The van der Waals surface area contributed by atoms with Crippen molar-refractivity contribution in [2.75, 3.05) is 24.6 Å². The molecule has 0 bridgehead atoms. The topological polar surface area (TPSA) is 55.1 Å². The summed E-state index contributed by atoms with van der Waals surface area (Å²) in [6, 6.07) is 0. The number of amides is 1. The largest absolute Gasteiger partial charge is 0.356 e. The van der Waals surface area contributed by atoms with E-state index in [1.54, 1.807) is 0 Å². The zero-order chi connectivity index (χ0) is 12.8. The van der Waals surface area contributed by atoms with Gasteiger partial charge in [0.1, 0.15) is 0 Å². The van der Waals surface area contributed by atoms with Crippen molar-refractivity contribution in [1.82, 2.24) is 5.32 Å². The number of carbonyl (C=O) groups is 1. The number of nitrogens with one attached hydrogen (secondary N) is 1. The molecular weight excluding hydrogens is 244 g/mol. The molecule has 0 spiro atoms. The van der Waals surface area contributed by atoms with Gasteiger partial charge in [0.05, 0.1) is 0 Å². The lowest BCUT2D eigenvalue weighted by molar-refractivity contribution is -0.127. The van der Waals surface area contributed by atoms with Gasteiger partial charge < -0.3 is 11.1 Å². The van der Waals surface area contributed by atoms with Gasteiger partial charge in [0.15, 0.2) is 0 Å². The zero-order valence-corrected chi connectivity index (χ0v) is 12.0. The highest BCUT2D eigenvalue weighted by atomic mass is 32.2. The summed E-state index contributed by atoms with van der Waals surface area (Å²) in [5.41, 5.74) is 5.79. The molecule has 2 aliphatic rings. The van der Waals surface area contributed by atoms with Crippen LogP contribution in [-0.2, 0) is 4.79 Å². The average molecular weight is 270 g/mol. The van der Waals surface area contributed by atoms with Crippen LogP contribution in [0.15, 0.2) is 0 Å². The fourth-order valence-corrected chi connectivity index (χ4v) is 4.37. The van der Waals surface area contributed by atoms with Crippen molar-refractivity contribution in [1.29, 1.82) is 0 Å². The van der Waals surface area contributed by atoms with Gasteiger partial charge in [-0.3, -0.25) is 4.79 Å². The molecule has 2 unspecified atom stereocenters. The first-order valence-electron chi connectivity index (χ1n) is 7.36. The quantitative estimate of drug-likeness (QED) is 0.821. The van der Waals surface area contributed by atoms with Crippen molar-refractivity contribution in [3.63, 3.8) is 0 Å². The SMILES string of the molecule is NCC1CCCCC1C(=O)NCC1CCSCC1. The van der Waals surface area contributed by atoms with Gasteiger partial charge in [0, 0.05) is 12.5 Å². The fraction of sp³-hybridized carbons (Fsp3) is 0.929. The Morgan fingerprint density at radius 2 is 1.89 bits per heavy atom. The molecule has 1 saturated carbocycles. The molecule has 2 atom stereocenters. The molecule has 18 heavy (non-hydrogen) atoms. The molecule has 0 aromatic carbocycles. The number of hydrogen-bond acceptors (Lipinski definition) is 3. The summed E-state index contributed by atoms with van der Waals surface area (Å²) >= 11 is 2.04. The van der Waals surface area contributed by atoms with E-state index in [1.807, 2.05) is 11.8 Å². The smallest absolute Gasteiger partial charge is 0.223 e. The van der Waals surface area contributed by atoms with Crippen LogP contribution in [0.5, 0.6) is 0 Å². The molecular formula is C14H26N2OS. The van der Waals surface area contributed by atoms with Gasteiger partial charge in [0.2, 0.25) is 5.91 Å². The summed E-state index contributed by atoms with van der Waals surface area (Å²) < 4.78 is 0. The second kappa shape index (κ2) is 7.39. The van der Waals surface area contributed by atoms with E-state index in [0.717, 1.165) is 19.4 Å². The van der Waals surface area contributed by atoms with E-state index < -0.39 is 0 Å². The van der Waals surface area contributed by atoms with E-state index in [-0.39, 0.29) is 11.8 Å². The first-order chi connectivity index (χ1) is 8.81. The van der Waals surface area contributed by atoms with E-state index in [1.165, 1.54) is 37.2 Å². The number of thioether (sulfide) groups is 1. The van der Waals surface area contributed by atoms with Crippen molar-refractivity contribution < 1.29 is 4.79 Å². The average Bonchev–Trinajstić information content (AvgIpc) is 2.45. The second-order valence-electron chi connectivity index (χ2n) is 5.69. The molecule has 1 amide bonds. The summed E-state index contributed by atoms with van der Waals surface area (Å²) in [7, 11) is 0. The van der Waals surface area contributed by atoms with Gasteiger partial charge in [-0.1, -0.05) is 12.8 Å². The lowest BCUT2D eigenvalue weighted by Crippen LogP contribution is -2.41. The van der Waals surface area contributed by atoms with E-state index in [4.69, 9.17) is 5.73 Å². The van der Waals surface area contributed by atoms with Crippen molar-refractivity contribution >= 4 is 17.7 Å². The lowest BCUT2D eigenvalue weighted by atomic mass is 9.78. The van der Waals surface area contributed by atoms with Gasteiger partial charge in [-0.05, 0) is 55.6 Å². The van der Waals surface area contributed by atoms with Gasteiger partial charge in [-0.15, -0.1) is 0 Å². The van der Waals surface area contributed by atoms with Gasteiger partial charge in [0.25, 0.3) is 0 Å². The van der Waals surface area contributed by atoms with Crippen LogP contribution in [0.1, 0.15) is 38.5 Å². The third kappa shape index (κ3) is 3.89. The molecule has 3 nitrogen and oxygen atoms in total. The highest BCUT2D eigenvalue weighted by Crippen LogP contribution is 2.29. The molecule has 0 aromatic rings. The molecule has 2 rings (SSSR count). The van der Waals surface area contributed by atoms with Crippen LogP contribution >= 0.6 is 11.8 Å². The van der Waals surface area contributed by atoms with Crippen LogP contribution in [0.4, 0.5) is 0 Å². The van der Waals surface area contributed by atoms with Crippen molar-refractivity contribution in [3.05, 3.63) is 0 Å². The Morgan fingerprint density at radius 3 is 2.61 bits per heavy atom. The minimum absolute atomic E-state index is 0.182. The molecule has 2 fully saturated rings. The Hall–Kier alpha value is -0.220. The van der Waals surface area contributed by atoms with Crippen LogP contribution in [0.2, 0.25) is 0 Å². The van der Waals surface area contributed by atoms with Crippen molar-refractivity contribution in [2.45, 2.75) is 38.5 Å². The van der Waals surface area contributed by atoms with E-state index in [2.05, 4.69) is 5.32 Å². The normalized spacial score (nSPS) is 30.1. The maximum absolute atomic E-state index is 12.2.